The van der Waals surface area contributed by atoms with Crippen molar-refractivity contribution in [1.82, 2.24) is 4.98 Å². The molecule has 0 aliphatic heterocycles. The lowest BCUT2D eigenvalue weighted by Crippen LogP contribution is -2.06. The smallest absolute Gasteiger partial charge is 0.129 e. The van der Waals surface area contributed by atoms with Crippen LogP contribution in [0.2, 0.25) is 0 Å². The van der Waals surface area contributed by atoms with Crippen molar-refractivity contribution < 1.29 is 0 Å². The largest absolute Gasteiger partial charge is 0.396 e. The Morgan fingerprint density at radius 2 is 1.93 bits per heavy atom. The lowest BCUT2D eigenvalue weighted by atomic mass is 9.97. The molecule has 0 unspecified atom stereocenters. The molecule has 0 aliphatic rings. The monoisotopic (exact) mass is 256 g/mol. The summed E-state index contributed by atoms with van der Waals surface area (Å²) in [7, 11) is 0. The highest BCUT2D eigenvalue weighted by Gasteiger charge is 2.11. The fourth-order valence-corrected chi connectivity index (χ4v) is 2.14. The second-order valence-electron chi connectivity index (χ2n) is 4.10. The molecule has 2 N–H and O–H groups in total. The topological polar surface area (TPSA) is 38.9 Å². The Balaban J connectivity index is 3.22. The van der Waals surface area contributed by atoms with Crippen molar-refractivity contribution in [2.24, 2.45) is 5.92 Å². The maximum atomic E-state index is 5.92. The number of nitrogen functional groups attached to an aromatic ring is 1. The summed E-state index contributed by atoms with van der Waals surface area (Å²) < 4.78 is 0.764. The minimum absolute atomic E-state index is 0.634. The molecule has 0 aliphatic carbocycles. The Kier molecular flexibility index (Phi) is 3.53. The van der Waals surface area contributed by atoms with E-state index in [1.54, 1.807) is 0 Å². The molecule has 1 heterocycles. The van der Waals surface area contributed by atoms with Crippen molar-refractivity contribution in [1.29, 1.82) is 0 Å². The van der Waals surface area contributed by atoms with Crippen LogP contribution in [0.5, 0.6) is 0 Å². The van der Waals surface area contributed by atoms with Crippen molar-refractivity contribution >= 4 is 21.6 Å². The van der Waals surface area contributed by atoms with E-state index in [2.05, 4.69) is 41.7 Å². The van der Waals surface area contributed by atoms with Gasteiger partial charge in [0.15, 0.2) is 0 Å². The van der Waals surface area contributed by atoms with Crippen LogP contribution in [-0.2, 0) is 6.42 Å². The van der Waals surface area contributed by atoms with Crippen molar-refractivity contribution in [3.8, 4) is 0 Å². The number of halogens is 1. The molecule has 0 spiro atoms. The van der Waals surface area contributed by atoms with Crippen molar-refractivity contribution in [3.63, 3.8) is 0 Å². The van der Waals surface area contributed by atoms with E-state index in [1.807, 2.05) is 6.92 Å². The summed E-state index contributed by atoms with van der Waals surface area (Å²) in [5.41, 5.74) is 10.2. The molecule has 1 aromatic rings. The Morgan fingerprint density at radius 3 is 2.43 bits per heavy atom. The first-order valence-electron chi connectivity index (χ1n) is 4.84. The molecule has 14 heavy (non-hydrogen) atoms. The summed E-state index contributed by atoms with van der Waals surface area (Å²) in [6, 6.07) is 0. The number of aromatic nitrogens is 1. The summed E-state index contributed by atoms with van der Waals surface area (Å²) in [6.07, 6.45) is 1.04. The van der Waals surface area contributed by atoms with Crippen LogP contribution in [0.4, 0.5) is 5.69 Å². The predicted octanol–water partition coefficient (Wildman–Crippen LogP) is 3.24. The first-order valence-corrected chi connectivity index (χ1v) is 5.63. The molecule has 3 heteroatoms. The van der Waals surface area contributed by atoms with E-state index in [9.17, 15) is 0 Å². The second kappa shape index (κ2) is 4.30. The Bertz CT molecular complexity index is 346. The van der Waals surface area contributed by atoms with Crippen molar-refractivity contribution in [2.45, 2.75) is 34.1 Å². The first kappa shape index (κ1) is 11.5. The highest BCUT2D eigenvalue weighted by molar-refractivity contribution is 9.10. The minimum Gasteiger partial charge on any atom is -0.396 e. The van der Waals surface area contributed by atoms with Crippen LogP contribution < -0.4 is 5.73 Å². The van der Waals surface area contributed by atoms with E-state index < -0.39 is 0 Å². The summed E-state index contributed by atoms with van der Waals surface area (Å²) >= 11 is 3.36. The van der Waals surface area contributed by atoms with E-state index in [0.29, 0.717) is 5.92 Å². The third-order valence-corrected chi connectivity index (χ3v) is 3.00. The minimum atomic E-state index is 0.634. The zero-order chi connectivity index (χ0) is 10.9. The fraction of sp³-hybridized carbons (Fsp3) is 0.545. The second-order valence-corrected chi connectivity index (χ2v) is 4.85. The third-order valence-electron chi connectivity index (χ3n) is 2.39. The van der Waals surface area contributed by atoms with E-state index in [0.717, 1.165) is 28.0 Å². The molecule has 0 atom stereocenters. The van der Waals surface area contributed by atoms with Crippen molar-refractivity contribution in [3.05, 3.63) is 21.4 Å². The van der Waals surface area contributed by atoms with E-state index >= 15 is 0 Å². The van der Waals surface area contributed by atoms with Gasteiger partial charge < -0.3 is 5.73 Å². The van der Waals surface area contributed by atoms with Gasteiger partial charge in [0.1, 0.15) is 4.60 Å². The molecule has 0 aromatic carbocycles. The van der Waals surface area contributed by atoms with Crippen LogP contribution in [0, 0.1) is 19.8 Å². The average molecular weight is 257 g/mol. The summed E-state index contributed by atoms with van der Waals surface area (Å²) in [5.74, 6) is 0.634. The summed E-state index contributed by atoms with van der Waals surface area (Å²) in [4.78, 5) is 4.38. The molecule has 1 aromatic heterocycles. The van der Waals surface area contributed by atoms with Gasteiger partial charge in [-0.15, -0.1) is 0 Å². The molecule has 0 fully saturated rings. The van der Waals surface area contributed by atoms with Gasteiger partial charge in [0.2, 0.25) is 0 Å². The maximum Gasteiger partial charge on any atom is 0.129 e. The zero-order valence-corrected chi connectivity index (χ0v) is 10.8. The summed E-state index contributed by atoms with van der Waals surface area (Å²) in [5, 5.41) is 0. The molecule has 0 saturated heterocycles. The SMILES string of the molecule is Cc1nc(Br)c(N)c(C)c1CC(C)C. The Morgan fingerprint density at radius 1 is 1.36 bits per heavy atom. The van der Waals surface area contributed by atoms with Gasteiger partial charge >= 0.3 is 0 Å². The lowest BCUT2D eigenvalue weighted by molar-refractivity contribution is 0.640. The van der Waals surface area contributed by atoms with Crippen molar-refractivity contribution in [2.75, 3.05) is 5.73 Å². The Hall–Kier alpha value is -0.570. The van der Waals surface area contributed by atoms with Gasteiger partial charge in [0, 0.05) is 5.69 Å². The highest BCUT2D eigenvalue weighted by Crippen LogP contribution is 2.27. The molecular formula is C11H17BrN2. The zero-order valence-electron chi connectivity index (χ0n) is 9.19. The number of aryl methyl sites for hydroxylation is 1. The predicted molar refractivity (Wildman–Crippen MR) is 64.4 cm³/mol. The van der Waals surface area contributed by atoms with E-state index in [-0.39, 0.29) is 0 Å². The van der Waals surface area contributed by atoms with Crippen LogP contribution in [0.15, 0.2) is 4.60 Å². The number of nitrogens with two attached hydrogens (primary N) is 1. The number of nitrogens with zero attached hydrogens (tertiary/aromatic N) is 1. The van der Waals surface area contributed by atoms with Gasteiger partial charge in [-0.2, -0.15) is 0 Å². The lowest BCUT2D eigenvalue weighted by Gasteiger charge is -2.14. The normalized spacial score (nSPS) is 11.0. The molecule has 0 radical (unpaired) electrons. The molecule has 0 amide bonds. The number of hydrogen-bond donors (Lipinski definition) is 1. The van der Waals surface area contributed by atoms with Crippen LogP contribution in [0.25, 0.3) is 0 Å². The van der Waals surface area contributed by atoms with Gasteiger partial charge in [-0.3, -0.25) is 0 Å². The van der Waals surface area contributed by atoms with Crippen LogP contribution in [0.3, 0.4) is 0 Å². The van der Waals surface area contributed by atoms with E-state index in [1.165, 1.54) is 5.56 Å². The van der Waals surface area contributed by atoms with Crippen LogP contribution >= 0.6 is 15.9 Å². The number of pyridine rings is 1. The molecule has 0 saturated carbocycles. The molecule has 1 rings (SSSR count). The first-order chi connectivity index (χ1) is 6.43. The van der Waals surface area contributed by atoms with Gasteiger partial charge in [-0.1, -0.05) is 13.8 Å². The number of rotatable bonds is 2. The van der Waals surface area contributed by atoms with Crippen LogP contribution in [-0.4, -0.2) is 4.98 Å². The third kappa shape index (κ3) is 2.27. The number of hydrogen-bond acceptors (Lipinski definition) is 2. The fourth-order valence-electron chi connectivity index (χ4n) is 1.57. The Labute approximate surface area is 94.0 Å². The molecule has 2 nitrogen and oxygen atoms in total. The quantitative estimate of drug-likeness (QED) is 0.826. The van der Waals surface area contributed by atoms with Gasteiger partial charge in [-0.05, 0) is 53.2 Å². The number of anilines is 1. The standard InChI is InChI=1S/C11H17BrN2/c1-6(2)5-9-7(3)10(13)11(12)14-8(9)4/h6H,5,13H2,1-4H3. The van der Waals surface area contributed by atoms with Crippen LogP contribution in [0.1, 0.15) is 30.7 Å². The average Bonchev–Trinajstić information content (AvgIpc) is 2.09. The van der Waals surface area contributed by atoms with Gasteiger partial charge in [-0.25, -0.2) is 4.98 Å². The van der Waals surface area contributed by atoms with E-state index in [4.69, 9.17) is 5.73 Å². The molecule has 78 valence electrons. The maximum absolute atomic E-state index is 5.92. The summed E-state index contributed by atoms with van der Waals surface area (Å²) in [6.45, 7) is 8.51. The highest BCUT2D eigenvalue weighted by atomic mass is 79.9. The molecule has 0 bridgehead atoms. The van der Waals surface area contributed by atoms with Gasteiger partial charge in [0.05, 0.1) is 5.69 Å². The molecular weight excluding hydrogens is 240 g/mol. The van der Waals surface area contributed by atoms with Gasteiger partial charge in [0.25, 0.3) is 0 Å².